The van der Waals surface area contributed by atoms with Crippen molar-refractivity contribution in [3.05, 3.63) is 63.4 Å². The third-order valence-corrected chi connectivity index (χ3v) is 4.08. The molecule has 0 atom stereocenters. The largest absolute Gasteiger partial charge is 0.341 e. The molecule has 1 heterocycles. The smallest absolute Gasteiger partial charge is 0.227 e. The summed E-state index contributed by atoms with van der Waals surface area (Å²) in [6.07, 6.45) is 3.71. The van der Waals surface area contributed by atoms with Gasteiger partial charge in [0.2, 0.25) is 5.91 Å². The molecule has 2 aromatic rings. The molecule has 1 amide bonds. The summed E-state index contributed by atoms with van der Waals surface area (Å²) in [6.45, 7) is 2.51. The highest BCUT2D eigenvalue weighted by molar-refractivity contribution is 6.36. The van der Waals surface area contributed by atoms with E-state index >= 15 is 0 Å². The number of pyridine rings is 1. The summed E-state index contributed by atoms with van der Waals surface area (Å²) < 4.78 is 0. The standard InChI is InChI=1S/C16H16Cl2N2O/c1-11-6-7-19-9-12(11)10-20(2)16(21)8-13-14(17)4-3-5-15(13)18/h3-7,9H,8,10H2,1-2H3. The molecule has 5 heteroatoms. The van der Waals surface area contributed by atoms with E-state index in [1.54, 1.807) is 42.5 Å². The van der Waals surface area contributed by atoms with Crippen LogP contribution in [0.15, 0.2) is 36.7 Å². The molecule has 0 unspecified atom stereocenters. The van der Waals surface area contributed by atoms with Crippen LogP contribution in [0.4, 0.5) is 0 Å². The van der Waals surface area contributed by atoms with E-state index in [4.69, 9.17) is 23.2 Å². The van der Waals surface area contributed by atoms with Crippen LogP contribution < -0.4 is 0 Å². The van der Waals surface area contributed by atoms with Crippen molar-refractivity contribution < 1.29 is 4.79 Å². The van der Waals surface area contributed by atoms with Gasteiger partial charge in [0.25, 0.3) is 0 Å². The minimum absolute atomic E-state index is 0.0340. The third kappa shape index (κ3) is 3.96. The van der Waals surface area contributed by atoms with Gasteiger partial charge in [-0.2, -0.15) is 0 Å². The van der Waals surface area contributed by atoms with Crippen LogP contribution in [-0.4, -0.2) is 22.8 Å². The van der Waals surface area contributed by atoms with Crippen molar-refractivity contribution in [1.29, 1.82) is 0 Å². The molecule has 0 aliphatic heterocycles. The number of carbonyl (C=O) groups is 1. The lowest BCUT2D eigenvalue weighted by molar-refractivity contribution is -0.129. The molecule has 0 aliphatic rings. The Morgan fingerprint density at radius 2 is 1.90 bits per heavy atom. The number of aromatic nitrogens is 1. The molecule has 0 N–H and O–H groups in total. The summed E-state index contributed by atoms with van der Waals surface area (Å²) in [5.41, 5.74) is 2.81. The van der Waals surface area contributed by atoms with Gasteiger partial charge in [0, 0.05) is 36.0 Å². The Morgan fingerprint density at radius 1 is 1.24 bits per heavy atom. The van der Waals surface area contributed by atoms with Crippen LogP contribution in [-0.2, 0) is 17.8 Å². The Balaban J connectivity index is 2.08. The zero-order valence-electron chi connectivity index (χ0n) is 11.9. The van der Waals surface area contributed by atoms with Gasteiger partial charge in [-0.05, 0) is 41.8 Å². The number of carbonyl (C=O) groups excluding carboxylic acids is 1. The average molecular weight is 323 g/mol. The van der Waals surface area contributed by atoms with Crippen LogP contribution >= 0.6 is 23.2 Å². The quantitative estimate of drug-likeness (QED) is 0.855. The van der Waals surface area contributed by atoms with Gasteiger partial charge in [-0.15, -0.1) is 0 Å². The summed E-state index contributed by atoms with van der Waals surface area (Å²) in [5, 5.41) is 1.03. The Bertz CT molecular complexity index is 638. The lowest BCUT2D eigenvalue weighted by Crippen LogP contribution is -2.28. The molecule has 0 bridgehead atoms. The van der Waals surface area contributed by atoms with Crippen molar-refractivity contribution >= 4 is 29.1 Å². The Labute approximate surface area is 134 Å². The molecular formula is C16H16Cl2N2O. The van der Waals surface area contributed by atoms with Crippen molar-refractivity contribution in [1.82, 2.24) is 9.88 Å². The van der Waals surface area contributed by atoms with Crippen LogP contribution in [0.2, 0.25) is 10.0 Å². The molecule has 110 valence electrons. The first-order valence-electron chi connectivity index (χ1n) is 6.55. The van der Waals surface area contributed by atoms with Gasteiger partial charge in [0.1, 0.15) is 0 Å². The number of amides is 1. The highest BCUT2D eigenvalue weighted by Crippen LogP contribution is 2.25. The summed E-state index contributed by atoms with van der Waals surface area (Å²) in [7, 11) is 1.76. The van der Waals surface area contributed by atoms with E-state index in [2.05, 4.69) is 4.98 Å². The van der Waals surface area contributed by atoms with E-state index in [0.29, 0.717) is 22.2 Å². The molecule has 0 saturated carbocycles. The number of aryl methyl sites for hydroxylation is 1. The van der Waals surface area contributed by atoms with E-state index in [0.717, 1.165) is 11.1 Å². The number of nitrogens with zero attached hydrogens (tertiary/aromatic N) is 2. The number of hydrogen-bond donors (Lipinski definition) is 0. The Hall–Kier alpha value is -1.58. The zero-order valence-corrected chi connectivity index (χ0v) is 13.4. The van der Waals surface area contributed by atoms with Crippen LogP contribution in [0.3, 0.4) is 0 Å². The predicted molar refractivity (Wildman–Crippen MR) is 85.6 cm³/mol. The Kier molecular flexibility index (Phi) is 5.21. The van der Waals surface area contributed by atoms with Gasteiger partial charge in [-0.25, -0.2) is 0 Å². The number of halogens is 2. The topological polar surface area (TPSA) is 33.2 Å². The monoisotopic (exact) mass is 322 g/mol. The number of likely N-dealkylation sites (N-methyl/N-ethyl adjacent to an activating group) is 1. The normalized spacial score (nSPS) is 10.5. The van der Waals surface area contributed by atoms with Crippen molar-refractivity contribution in [3.63, 3.8) is 0 Å². The molecule has 1 aromatic carbocycles. The molecule has 2 rings (SSSR count). The second kappa shape index (κ2) is 6.92. The lowest BCUT2D eigenvalue weighted by Gasteiger charge is -2.19. The molecular weight excluding hydrogens is 307 g/mol. The molecule has 3 nitrogen and oxygen atoms in total. The maximum absolute atomic E-state index is 12.3. The number of benzene rings is 1. The molecule has 0 aliphatic carbocycles. The van der Waals surface area contributed by atoms with Gasteiger partial charge in [-0.3, -0.25) is 9.78 Å². The van der Waals surface area contributed by atoms with Crippen LogP contribution in [0, 0.1) is 6.92 Å². The molecule has 0 saturated heterocycles. The molecule has 21 heavy (non-hydrogen) atoms. The van der Waals surface area contributed by atoms with E-state index in [9.17, 15) is 4.79 Å². The van der Waals surface area contributed by atoms with Crippen molar-refractivity contribution in [2.75, 3.05) is 7.05 Å². The fourth-order valence-corrected chi connectivity index (χ4v) is 2.52. The second-order valence-corrected chi connectivity index (χ2v) is 5.74. The fraction of sp³-hybridized carbons (Fsp3) is 0.250. The van der Waals surface area contributed by atoms with Gasteiger partial charge < -0.3 is 4.90 Å². The van der Waals surface area contributed by atoms with Gasteiger partial charge in [0.05, 0.1) is 6.42 Å². The number of rotatable bonds is 4. The first-order chi connectivity index (χ1) is 9.99. The molecule has 0 fully saturated rings. The minimum atomic E-state index is -0.0340. The summed E-state index contributed by atoms with van der Waals surface area (Å²) in [6, 6.07) is 7.17. The van der Waals surface area contributed by atoms with E-state index in [1.165, 1.54) is 0 Å². The van der Waals surface area contributed by atoms with E-state index in [-0.39, 0.29) is 12.3 Å². The first-order valence-corrected chi connectivity index (χ1v) is 7.31. The minimum Gasteiger partial charge on any atom is -0.341 e. The highest BCUT2D eigenvalue weighted by Gasteiger charge is 2.15. The van der Waals surface area contributed by atoms with Crippen molar-refractivity contribution in [2.24, 2.45) is 0 Å². The van der Waals surface area contributed by atoms with Crippen LogP contribution in [0.1, 0.15) is 16.7 Å². The van der Waals surface area contributed by atoms with Gasteiger partial charge in [0.15, 0.2) is 0 Å². The van der Waals surface area contributed by atoms with Gasteiger partial charge >= 0.3 is 0 Å². The summed E-state index contributed by atoms with van der Waals surface area (Å²) in [4.78, 5) is 18.1. The van der Waals surface area contributed by atoms with Crippen LogP contribution in [0.5, 0.6) is 0 Å². The molecule has 0 spiro atoms. The zero-order chi connectivity index (χ0) is 15.4. The maximum atomic E-state index is 12.3. The Morgan fingerprint density at radius 3 is 2.52 bits per heavy atom. The van der Waals surface area contributed by atoms with Gasteiger partial charge in [-0.1, -0.05) is 29.3 Å². The van der Waals surface area contributed by atoms with E-state index < -0.39 is 0 Å². The van der Waals surface area contributed by atoms with Crippen molar-refractivity contribution in [3.8, 4) is 0 Å². The third-order valence-electron chi connectivity index (χ3n) is 3.37. The molecule has 0 radical (unpaired) electrons. The molecule has 1 aromatic heterocycles. The highest BCUT2D eigenvalue weighted by atomic mass is 35.5. The van der Waals surface area contributed by atoms with Crippen LogP contribution in [0.25, 0.3) is 0 Å². The number of hydrogen-bond acceptors (Lipinski definition) is 2. The lowest BCUT2D eigenvalue weighted by atomic mass is 10.1. The summed E-state index contributed by atoms with van der Waals surface area (Å²) in [5.74, 6) is -0.0340. The van der Waals surface area contributed by atoms with Crippen molar-refractivity contribution in [2.45, 2.75) is 19.9 Å². The first kappa shape index (κ1) is 15.8. The van der Waals surface area contributed by atoms with E-state index in [1.807, 2.05) is 13.0 Å². The second-order valence-electron chi connectivity index (χ2n) is 4.93. The average Bonchev–Trinajstić information content (AvgIpc) is 2.45. The SMILES string of the molecule is Cc1ccncc1CN(C)C(=O)Cc1c(Cl)cccc1Cl. The predicted octanol–water partition coefficient (Wildman–Crippen LogP) is 3.90. The summed E-state index contributed by atoms with van der Waals surface area (Å²) >= 11 is 12.2. The maximum Gasteiger partial charge on any atom is 0.227 e. The fourth-order valence-electron chi connectivity index (χ4n) is 1.99.